The first kappa shape index (κ1) is 17.2. The Balaban J connectivity index is 1.45. The molecule has 2 aliphatic rings. The summed E-state index contributed by atoms with van der Waals surface area (Å²) in [6, 6.07) is 8.30. The second-order valence-electron chi connectivity index (χ2n) is 6.64. The van der Waals surface area contributed by atoms with E-state index in [9.17, 15) is 4.79 Å². The van der Waals surface area contributed by atoms with Crippen LogP contribution in [0, 0.1) is 0 Å². The Morgan fingerprint density at radius 1 is 1.33 bits per heavy atom. The van der Waals surface area contributed by atoms with Gasteiger partial charge in [0.1, 0.15) is 5.75 Å². The van der Waals surface area contributed by atoms with Crippen molar-refractivity contribution in [1.82, 2.24) is 10.2 Å². The minimum absolute atomic E-state index is 0.0970. The highest BCUT2D eigenvalue weighted by Crippen LogP contribution is 2.28. The monoisotopic (exact) mass is 332 g/mol. The number of amides is 1. The first-order valence-corrected chi connectivity index (χ1v) is 9.02. The Morgan fingerprint density at radius 2 is 2.17 bits per heavy atom. The summed E-state index contributed by atoms with van der Waals surface area (Å²) in [6.45, 7) is 3.07. The molecule has 1 aliphatic carbocycles. The van der Waals surface area contributed by atoms with Gasteiger partial charge in [-0.3, -0.25) is 9.69 Å². The maximum Gasteiger partial charge on any atom is 0.221 e. The van der Waals surface area contributed by atoms with Gasteiger partial charge < -0.3 is 14.8 Å². The molecule has 1 aromatic carbocycles. The third kappa shape index (κ3) is 4.28. The average Bonchev–Trinajstić information content (AvgIpc) is 2.64. The number of hydrogen-bond donors (Lipinski definition) is 1. The molecule has 1 amide bonds. The number of para-hydroxylation sites is 1. The maximum atomic E-state index is 12.2. The lowest BCUT2D eigenvalue weighted by molar-refractivity contribution is -0.123. The molecule has 132 valence electrons. The second kappa shape index (κ2) is 8.49. The van der Waals surface area contributed by atoms with Crippen molar-refractivity contribution in [1.29, 1.82) is 0 Å². The predicted molar refractivity (Wildman–Crippen MR) is 93.0 cm³/mol. The van der Waals surface area contributed by atoms with E-state index in [4.69, 9.17) is 9.47 Å². The van der Waals surface area contributed by atoms with Crippen LogP contribution in [0.3, 0.4) is 0 Å². The molecule has 1 saturated carbocycles. The molecule has 1 aromatic rings. The van der Waals surface area contributed by atoms with Gasteiger partial charge in [-0.05, 0) is 18.9 Å². The van der Waals surface area contributed by atoms with E-state index in [-0.39, 0.29) is 5.91 Å². The summed E-state index contributed by atoms with van der Waals surface area (Å²) < 4.78 is 11.2. The zero-order valence-corrected chi connectivity index (χ0v) is 14.5. The van der Waals surface area contributed by atoms with Crippen molar-refractivity contribution in [2.24, 2.45) is 0 Å². The number of fused-ring (bicyclic) bond motifs is 1. The summed E-state index contributed by atoms with van der Waals surface area (Å²) in [5.41, 5.74) is 1.01. The summed E-state index contributed by atoms with van der Waals surface area (Å²) in [5, 5.41) is 3.01. The average molecular weight is 332 g/mol. The highest BCUT2D eigenvalue weighted by atomic mass is 16.5. The largest absolute Gasteiger partial charge is 0.496 e. The number of benzene rings is 1. The van der Waals surface area contributed by atoms with Gasteiger partial charge in [0.15, 0.2) is 0 Å². The molecule has 2 fully saturated rings. The standard InChI is InChI=1S/C19H28N2O3/c1-23-17-8-4-2-6-15(17)14-20-19(22)10-11-21-12-13-24-18-9-5-3-7-16(18)21/h2,4,6,8,16,18H,3,5,7,9-14H2,1H3,(H,20,22)/t16-,18-/m1/s1. The third-order valence-electron chi connectivity index (χ3n) is 5.14. The number of carbonyl (C=O) groups is 1. The molecule has 5 heteroatoms. The predicted octanol–water partition coefficient (Wildman–Crippen LogP) is 2.34. The number of morpholine rings is 1. The van der Waals surface area contributed by atoms with Gasteiger partial charge in [0.25, 0.3) is 0 Å². The molecule has 2 atom stereocenters. The lowest BCUT2D eigenvalue weighted by atomic mass is 9.90. The summed E-state index contributed by atoms with van der Waals surface area (Å²) >= 11 is 0. The number of carbonyl (C=O) groups excluding carboxylic acids is 1. The van der Waals surface area contributed by atoms with E-state index in [0.29, 0.717) is 25.1 Å². The van der Waals surface area contributed by atoms with E-state index >= 15 is 0 Å². The highest BCUT2D eigenvalue weighted by Gasteiger charge is 2.33. The highest BCUT2D eigenvalue weighted by molar-refractivity contribution is 5.76. The smallest absolute Gasteiger partial charge is 0.221 e. The molecular formula is C19H28N2O3. The minimum Gasteiger partial charge on any atom is -0.496 e. The lowest BCUT2D eigenvalue weighted by Crippen LogP contribution is -2.53. The molecular weight excluding hydrogens is 304 g/mol. The van der Waals surface area contributed by atoms with E-state index in [2.05, 4.69) is 10.2 Å². The van der Waals surface area contributed by atoms with E-state index in [1.54, 1.807) is 7.11 Å². The van der Waals surface area contributed by atoms with Crippen LogP contribution in [0.2, 0.25) is 0 Å². The third-order valence-corrected chi connectivity index (χ3v) is 5.14. The number of methoxy groups -OCH3 is 1. The van der Waals surface area contributed by atoms with Crippen LogP contribution in [-0.2, 0) is 16.1 Å². The van der Waals surface area contributed by atoms with E-state index < -0.39 is 0 Å². The van der Waals surface area contributed by atoms with Crippen LogP contribution in [0.15, 0.2) is 24.3 Å². The van der Waals surface area contributed by atoms with E-state index in [0.717, 1.165) is 31.0 Å². The molecule has 0 unspecified atom stereocenters. The van der Waals surface area contributed by atoms with Crippen LogP contribution >= 0.6 is 0 Å². The van der Waals surface area contributed by atoms with Gasteiger partial charge in [-0.1, -0.05) is 31.0 Å². The van der Waals surface area contributed by atoms with Crippen molar-refractivity contribution < 1.29 is 14.3 Å². The van der Waals surface area contributed by atoms with Crippen molar-refractivity contribution >= 4 is 5.91 Å². The van der Waals surface area contributed by atoms with Crippen molar-refractivity contribution in [3.8, 4) is 5.75 Å². The van der Waals surface area contributed by atoms with Crippen LogP contribution < -0.4 is 10.1 Å². The quantitative estimate of drug-likeness (QED) is 0.869. The summed E-state index contributed by atoms with van der Waals surface area (Å²) in [4.78, 5) is 14.7. The van der Waals surface area contributed by atoms with Crippen LogP contribution in [0.25, 0.3) is 0 Å². The van der Waals surface area contributed by atoms with Crippen molar-refractivity contribution in [3.63, 3.8) is 0 Å². The molecule has 24 heavy (non-hydrogen) atoms. The van der Waals surface area contributed by atoms with Gasteiger partial charge in [-0.25, -0.2) is 0 Å². The Labute approximate surface area is 144 Å². The second-order valence-corrected chi connectivity index (χ2v) is 6.64. The number of nitrogens with one attached hydrogen (secondary N) is 1. The van der Waals surface area contributed by atoms with Gasteiger partial charge >= 0.3 is 0 Å². The Morgan fingerprint density at radius 3 is 3.04 bits per heavy atom. The molecule has 0 radical (unpaired) electrons. The topological polar surface area (TPSA) is 50.8 Å². The fraction of sp³-hybridized carbons (Fsp3) is 0.632. The van der Waals surface area contributed by atoms with Gasteiger partial charge in [0.2, 0.25) is 5.91 Å². The van der Waals surface area contributed by atoms with Crippen LogP contribution in [0.5, 0.6) is 5.75 Å². The maximum absolute atomic E-state index is 12.2. The van der Waals surface area contributed by atoms with Gasteiger partial charge in [0, 0.05) is 37.7 Å². The lowest BCUT2D eigenvalue weighted by Gasteiger charge is -2.43. The van der Waals surface area contributed by atoms with Crippen molar-refractivity contribution in [2.45, 2.75) is 50.8 Å². The summed E-state index contributed by atoms with van der Waals surface area (Å²) in [6.07, 6.45) is 5.84. The summed E-state index contributed by atoms with van der Waals surface area (Å²) in [5.74, 6) is 0.913. The van der Waals surface area contributed by atoms with Crippen LogP contribution in [-0.4, -0.2) is 49.8 Å². The number of rotatable bonds is 6. The Bertz CT molecular complexity index is 547. The fourth-order valence-corrected chi connectivity index (χ4v) is 3.83. The normalized spacial score (nSPS) is 24.2. The van der Waals surface area contributed by atoms with Crippen LogP contribution in [0.4, 0.5) is 0 Å². The van der Waals surface area contributed by atoms with E-state index in [1.807, 2.05) is 24.3 Å². The first-order chi connectivity index (χ1) is 11.8. The molecule has 0 spiro atoms. The fourth-order valence-electron chi connectivity index (χ4n) is 3.83. The van der Waals surface area contributed by atoms with Gasteiger partial charge in [-0.15, -0.1) is 0 Å². The van der Waals surface area contributed by atoms with E-state index in [1.165, 1.54) is 25.7 Å². The molecule has 1 N–H and O–H groups in total. The minimum atomic E-state index is 0.0970. The Hall–Kier alpha value is -1.59. The molecule has 1 aliphatic heterocycles. The molecule has 1 heterocycles. The van der Waals surface area contributed by atoms with Gasteiger partial charge in [-0.2, -0.15) is 0 Å². The van der Waals surface area contributed by atoms with Gasteiger partial charge in [0.05, 0.1) is 19.8 Å². The Kier molecular flexibility index (Phi) is 6.10. The zero-order chi connectivity index (χ0) is 16.8. The zero-order valence-electron chi connectivity index (χ0n) is 14.5. The number of nitrogens with zero attached hydrogens (tertiary/aromatic N) is 1. The van der Waals surface area contributed by atoms with Crippen molar-refractivity contribution in [3.05, 3.63) is 29.8 Å². The SMILES string of the molecule is COc1ccccc1CNC(=O)CCN1CCO[C@@H]2CCCC[C@H]21. The number of hydrogen-bond acceptors (Lipinski definition) is 4. The molecule has 5 nitrogen and oxygen atoms in total. The van der Waals surface area contributed by atoms with Crippen molar-refractivity contribution in [2.75, 3.05) is 26.8 Å². The first-order valence-electron chi connectivity index (χ1n) is 9.02. The molecule has 1 saturated heterocycles. The number of ether oxygens (including phenoxy) is 2. The van der Waals surface area contributed by atoms with Crippen LogP contribution in [0.1, 0.15) is 37.7 Å². The molecule has 0 bridgehead atoms. The molecule has 3 rings (SSSR count). The molecule has 0 aromatic heterocycles. The summed E-state index contributed by atoms with van der Waals surface area (Å²) in [7, 11) is 1.65.